The average Bonchev–Trinajstić information content (AvgIpc) is 2.67. The number of nitrogens with one attached hydrogen (secondary N) is 1. The van der Waals surface area contributed by atoms with Gasteiger partial charge in [-0.15, -0.1) is 0 Å². The maximum Gasteiger partial charge on any atom is 0.254 e. The lowest BCUT2D eigenvalue weighted by Crippen LogP contribution is -2.46. The molecule has 1 saturated heterocycles. The van der Waals surface area contributed by atoms with Crippen LogP contribution in [0.25, 0.3) is 10.9 Å². The molecule has 0 radical (unpaired) electrons. The molecule has 0 spiro atoms. The Hall–Kier alpha value is -2.92. The number of amides is 1. The lowest BCUT2D eigenvalue weighted by atomic mass is 10.0. The molecular formula is C21H20N2O3. The molecular weight excluding hydrogens is 328 g/mol. The molecule has 5 nitrogen and oxygen atoms in total. The highest BCUT2D eigenvalue weighted by molar-refractivity contribution is 6.06. The van der Waals surface area contributed by atoms with E-state index in [-0.39, 0.29) is 23.7 Å². The van der Waals surface area contributed by atoms with Gasteiger partial charge in [-0.3, -0.25) is 9.59 Å². The molecule has 2 heterocycles. The van der Waals surface area contributed by atoms with Crippen molar-refractivity contribution in [3.63, 3.8) is 0 Å². The summed E-state index contributed by atoms with van der Waals surface area (Å²) < 4.78 is 6.04. The van der Waals surface area contributed by atoms with E-state index in [9.17, 15) is 9.59 Å². The standard InChI is InChI=1S/C21H20N2O3/c1-14-12-23(13-19(26-14)15-7-3-2-4-8-15)21(25)17-11-20(24)22-18-10-6-5-9-16(17)18/h2-11,14,19H,12-13H2,1H3,(H,22,24)/t14-,19+/m0/s1. The third-order valence-corrected chi connectivity index (χ3v) is 4.70. The van der Waals surface area contributed by atoms with Crippen molar-refractivity contribution in [2.24, 2.45) is 0 Å². The Morgan fingerprint density at radius 1 is 1.08 bits per heavy atom. The van der Waals surface area contributed by atoms with E-state index in [1.165, 1.54) is 6.07 Å². The Labute approximate surface area is 151 Å². The van der Waals surface area contributed by atoms with Crippen molar-refractivity contribution in [3.8, 4) is 0 Å². The summed E-state index contributed by atoms with van der Waals surface area (Å²) in [6.45, 7) is 2.93. The number of rotatable bonds is 2. The molecule has 1 fully saturated rings. The topological polar surface area (TPSA) is 62.4 Å². The second kappa shape index (κ2) is 6.77. The molecule has 0 bridgehead atoms. The molecule has 0 saturated carbocycles. The molecule has 1 amide bonds. The number of hydrogen-bond donors (Lipinski definition) is 1. The number of carbonyl (C=O) groups excluding carboxylic acids is 1. The number of nitrogens with zero attached hydrogens (tertiary/aromatic N) is 1. The first-order valence-corrected chi connectivity index (χ1v) is 8.73. The number of aromatic nitrogens is 1. The first-order valence-electron chi connectivity index (χ1n) is 8.73. The summed E-state index contributed by atoms with van der Waals surface area (Å²) >= 11 is 0. The predicted octanol–water partition coefficient (Wildman–Crippen LogP) is 3.13. The normalized spacial score (nSPS) is 20.3. The summed E-state index contributed by atoms with van der Waals surface area (Å²) in [5, 5.41) is 0.757. The van der Waals surface area contributed by atoms with Crippen LogP contribution >= 0.6 is 0 Å². The maximum atomic E-state index is 13.2. The summed E-state index contributed by atoms with van der Waals surface area (Å²) in [5.41, 5.74) is 1.88. The molecule has 0 unspecified atom stereocenters. The van der Waals surface area contributed by atoms with Crippen molar-refractivity contribution < 1.29 is 9.53 Å². The van der Waals surface area contributed by atoms with Crippen molar-refractivity contribution in [1.82, 2.24) is 9.88 Å². The predicted molar refractivity (Wildman–Crippen MR) is 100 cm³/mol. The van der Waals surface area contributed by atoms with Gasteiger partial charge < -0.3 is 14.6 Å². The van der Waals surface area contributed by atoms with E-state index in [0.717, 1.165) is 10.9 Å². The van der Waals surface area contributed by atoms with Crippen LogP contribution < -0.4 is 5.56 Å². The van der Waals surface area contributed by atoms with Crippen molar-refractivity contribution in [2.75, 3.05) is 13.1 Å². The van der Waals surface area contributed by atoms with Crippen LogP contribution in [-0.2, 0) is 4.74 Å². The molecule has 5 heteroatoms. The molecule has 26 heavy (non-hydrogen) atoms. The zero-order chi connectivity index (χ0) is 18.1. The summed E-state index contributed by atoms with van der Waals surface area (Å²) in [5.74, 6) is -0.136. The van der Waals surface area contributed by atoms with E-state index < -0.39 is 0 Å². The first-order chi connectivity index (χ1) is 12.6. The van der Waals surface area contributed by atoms with Gasteiger partial charge in [0.15, 0.2) is 0 Å². The minimum Gasteiger partial charge on any atom is -0.367 e. The van der Waals surface area contributed by atoms with Crippen molar-refractivity contribution in [1.29, 1.82) is 0 Å². The van der Waals surface area contributed by atoms with Gasteiger partial charge in [0.25, 0.3) is 5.91 Å². The van der Waals surface area contributed by atoms with Gasteiger partial charge in [0.2, 0.25) is 5.56 Å². The van der Waals surface area contributed by atoms with E-state index in [1.807, 2.05) is 61.5 Å². The van der Waals surface area contributed by atoms with E-state index in [1.54, 1.807) is 4.90 Å². The number of ether oxygens (including phenoxy) is 1. The third-order valence-electron chi connectivity index (χ3n) is 4.70. The molecule has 1 N–H and O–H groups in total. The number of fused-ring (bicyclic) bond motifs is 1. The van der Waals surface area contributed by atoms with Crippen LogP contribution in [0.3, 0.4) is 0 Å². The van der Waals surface area contributed by atoms with Crippen LogP contribution in [0.2, 0.25) is 0 Å². The van der Waals surface area contributed by atoms with Gasteiger partial charge in [0.05, 0.1) is 18.2 Å². The summed E-state index contributed by atoms with van der Waals surface area (Å²) in [6, 6.07) is 18.7. The number of hydrogen-bond acceptors (Lipinski definition) is 3. The third kappa shape index (κ3) is 3.13. The molecule has 132 valence electrons. The van der Waals surface area contributed by atoms with Crippen molar-refractivity contribution in [2.45, 2.75) is 19.1 Å². The highest BCUT2D eigenvalue weighted by Gasteiger charge is 2.30. The van der Waals surface area contributed by atoms with Gasteiger partial charge >= 0.3 is 0 Å². The minimum atomic E-state index is -0.270. The van der Waals surface area contributed by atoms with E-state index >= 15 is 0 Å². The zero-order valence-corrected chi connectivity index (χ0v) is 14.5. The monoisotopic (exact) mass is 348 g/mol. The fraction of sp³-hybridized carbons (Fsp3) is 0.238. The van der Waals surface area contributed by atoms with E-state index in [2.05, 4.69) is 4.98 Å². The molecule has 0 aliphatic carbocycles. The zero-order valence-electron chi connectivity index (χ0n) is 14.5. The Balaban J connectivity index is 1.69. The van der Waals surface area contributed by atoms with Gasteiger partial charge in [-0.1, -0.05) is 48.5 Å². The van der Waals surface area contributed by atoms with E-state index in [0.29, 0.717) is 24.2 Å². The lowest BCUT2D eigenvalue weighted by Gasteiger charge is -2.37. The second-order valence-corrected chi connectivity index (χ2v) is 6.65. The SMILES string of the molecule is C[C@H]1CN(C(=O)c2cc(=O)[nH]c3ccccc23)C[C@H](c2ccccc2)O1. The number of H-pyrrole nitrogens is 1. The number of morpholine rings is 1. The summed E-state index contributed by atoms with van der Waals surface area (Å²) in [4.78, 5) is 29.8. The Kier molecular flexibility index (Phi) is 4.31. The van der Waals surface area contributed by atoms with E-state index in [4.69, 9.17) is 4.74 Å². The summed E-state index contributed by atoms with van der Waals surface area (Å²) in [7, 11) is 0. The highest BCUT2D eigenvalue weighted by atomic mass is 16.5. The molecule has 2 atom stereocenters. The van der Waals surface area contributed by atoms with Gasteiger partial charge in [-0.25, -0.2) is 0 Å². The van der Waals surface area contributed by atoms with Gasteiger partial charge in [-0.05, 0) is 18.6 Å². The average molecular weight is 348 g/mol. The number of aromatic amines is 1. The Morgan fingerprint density at radius 2 is 1.81 bits per heavy atom. The van der Waals surface area contributed by atoms with Crippen LogP contribution in [0.4, 0.5) is 0 Å². The minimum absolute atomic E-state index is 0.0776. The lowest BCUT2D eigenvalue weighted by molar-refractivity contribution is -0.0691. The quantitative estimate of drug-likeness (QED) is 0.774. The number of para-hydroxylation sites is 1. The van der Waals surface area contributed by atoms with Gasteiger partial charge in [0, 0.05) is 23.5 Å². The van der Waals surface area contributed by atoms with Gasteiger partial charge in [0.1, 0.15) is 6.10 Å². The summed E-state index contributed by atoms with van der Waals surface area (Å²) in [6.07, 6.45) is -0.247. The van der Waals surface area contributed by atoms with Crippen molar-refractivity contribution >= 4 is 16.8 Å². The molecule has 4 rings (SSSR count). The number of benzene rings is 2. The number of carbonyl (C=O) groups is 1. The molecule has 2 aromatic carbocycles. The van der Waals surface area contributed by atoms with Crippen LogP contribution in [0.1, 0.15) is 28.9 Å². The Bertz CT molecular complexity index is 997. The second-order valence-electron chi connectivity index (χ2n) is 6.65. The van der Waals surface area contributed by atoms with Crippen LogP contribution in [0.15, 0.2) is 65.5 Å². The molecule has 1 aromatic heterocycles. The molecule has 3 aromatic rings. The smallest absolute Gasteiger partial charge is 0.254 e. The molecule has 1 aliphatic rings. The van der Waals surface area contributed by atoms with Crippen LogP contribution in [0.5, 0.6) is 0 Å². The largest absolute Gasteiger partial charge is 0.367 e. The maximum absolute atomic E-state index is 13.2. The number of pyridine rings is 1. The Morgan fingerprint density at radius 3 is 2.62 bits per heavy atom. The van der Waals surface area contributed by atoms with Crippen LogP contribution in [-0.4, -0.2) is 35.0 Å². The fourth-order valence-electron chi connectivity index (χ4n) is 3.52. The van der Waals surface area contributed by atoms with Gasteiger partial charge in [-0.2, -0.15) is 0 Å². The first kappa shape index (κ1) is 16.5. The highest BCUT2D eigenvalue weighted by Crippen LogP contribution is 2.27. The fourth-order valence-corrected chi connectivity index (χ4v) is 3.52. The molecule has 1 aliphatic heterocycles. The van der Waals surface area contributed by atoms with Crippen molar-refractivity contribution in [3.05, 3.63) is 82.1 Å². The van der Waals surface area contributed by atoms with Crippen LogP contribution in [0, 0.1) is 0 Å².